The van der Waals surface area contributed by atoms with E-state index in [-0.39, 0.29) is 5.91 Å². The van der Waals surface area contributed by atoms with E-state index in [9.17, 15) is 4.79 Å². The normalized spacial score (nSPS) is 23.0. The molecular formula is C14H19ClN2O. The van der Waals surface area contributed by atoms with Crippen molar-refractivity contribution < 1.29 is 4.79 Å². The van der Waals surface area contributed by atoms with Crippen LogP contribution in [-0.4, -0.2) is 12.5 Å². The molecule has 2 rings (SSSR count). The van der Waals surface area contributed by atoms with Crippen molar-refractivity contribution in [2.24, 2.45) is 11.8 Å². The minimum Gasteiger partial charge on any atom is -0.398 e. The molecule has 0 bridgehead atoms. The van der Waals surface area contributed by atoms with E-state index in [1.54, 1.807) is 18.2 Å². The first-order valence-corrected chi connectivity index (χ1v) is 6.79. The lowest BCUT2D eigenvalue weighted by molar-refractivity contribution is 0.0945. The summed E-state index contributed by atoms with van der Waals surface area (Å²) in [5, 5.41) is 3.49. The Hall–Kier alpha value is -1.22. The Morgan fingerprint density at radius 3 is 2.94 bits per heavy atom. The van der Waals surface area contributed by atoms with E-state index in [4.69, 9.17) is 17.3 Å². The molecule has 0 spiro atoms. The van der Waals surface area contributed by atoms with Crippen LogP contribution in [0.4, 0.5) is 5.69 Å². The SMILES string of the molecule is CC1CCCC1CNC(=O)c1cc(Cl)ccc1N. The zero-order valence-corrected chi connectivity index (χ0v) is 11.3. The molecule has 98 valence electrons. The van der Waals surface area contributed by atoms with Gasteiger partial charge in [-0.3, -0.25) is 4.79 Å². The van der Waals surface area contributed by atoms with Gasteiger partial charge in [-0.2, -0.15) is 0 Å². The molecule has 0 aromatic heterocycles. The smallest absolute Gasteiger partial charge is 0.253 e. The topological polar surface area (TPSA) is 55.1 Å². The van der Waals surface area contributed by atoms with Crippen molar-refractivity contribution in [3.63, 3.8) is 0 Å². The maximum Gasteiger partial charge on any atom is 0.253 e. The average molecular weight is 267 g/mol. The summed E-state index contributed by atoms with van der Waals surface area (Å²) in [5.74, 6) is 1.16. The number of hydrogen-bond donors (Lipinski definition) is 2. The highest BCUT2D eigenvalue weighted by molar-refractivity contribution is 6.31. The van der Waals surface area contributed by atoms with Crippen molar-refractivity contribution in [3.8, 4) is 0 Å². The van der Waals surface area contributed by atoms with E-state index in [2.05, 4.69) is 12.2 Å². The lowest BCUT2D eigenvalue weighted by Crippen LogP contribution is -2.30. The lowest BCUT2D eigenvalue weighted by atomic mass is 9.98. The molecule has 3 N–H and O–H groups in total. The first-order chi connectivity index (χ1) is 8.58. The molecule has 0 heterocycles. The molecule has 2 unspecified atom stereocenters. The van der Waals surface area contributed by atoms with Crippen LogP contribution >= 0.6 is 11.6 Å². The number of nitrogens with one attached hydrogen (secondary N) is 1. The second kappa shape index (κ2) is 5.61. The van der Waals surface area contributed by atoms with Crippen molar-refractivity contribution in [2.45, 2.75) is 26.2 Å². The fourth-order valence-electron chi connectivity index (χ4n) is 2.57. The fraction of sp³-hybridized carbons (Fsp3) is 0.500. The molecule has 18 heavy (non-hydrogen) atoms. The van der Waals surface area contributed by atoms with Gasteiger partial charge in [0, 0.05) is 17.3 Å². The van der Waals surface area contributed by atoms with Gasteiger partial charge in [0.2, 0.25) is 0 Å². The highest BCUT2D eigenvalue weighted by Crippen LogP contribution is 2.30. The van der Waals surface area contributed by atoms with E-state index in [0.717, 1.165) is 6.54 Å². The number of amides is 1. The maximum atomic E-state index is 12.0. The molecule has 1 aliphatic rings. The van der Waals surface area contributed by atoms with Gasteiger partial charge in [0.05, 0.1) is 5.56 Å². The zero-order chi connectivity index (χ0) is 13.1. The highest BCUT2D eigenvalue weighted by Gasteiger charge is 2.23. The molecule has 1 aliphatic carbocycles. The molecule has 4 heteroatoms. The third-order valence-electron chi connectivity index (χ3n) is 3.82. The predicted molar refractivity (Wildman–Crippen MR) is 74.7 cm³/mol. The second-order valence-electron chi connectivity index (χ2n) is 5.11. The standard InChI is InChI=1S/C14H19ClN2O/c1-9-3-2-4-10(9)8-17-14(18)12-7-11(15)5-6-13(12)16/h5-7,9-10H,2-4,8,16H2,1H3,(H,17,18). The summed E-state index contributed by atoms with van der Waals surface area (Å²) >= 11 is 5.88. The molecule has 0 radical (unpaired) electrons. The molecule has 1 saturated carbocycles. The second-order valence-corrected chi connectivity index (χ2v) is 5.55. The van der Waals surface area contributed by atoms with Gasteiger partial charge in [-0.05, 0) is 36.5 Å². The van der Waals surface area contributed by atoms with Crippen LogP contribution in [-0.2, 0) is 0 Å². The first kappa shape index (κ1) is 13.2. The number of rotatable bonds is 3. The number of halogens is 1. The molecule has 0 saturated heterocycles. The summed E-state index contributed by atoms with van der Waals surface area (Å²) in [5.41, 5.74) is 6.72. The Labute approximate surface area is 113 Å². The predicted octanol–water partition coefficient (Wildman–Crippen LogP) is 3.09. The van der Waals surface area contributed by atoms with Gasteiger partial charge < -0.3 is 11.1 Å². The zero-order valence-electron chi connectivity index (χ0n) is 10.6. The van der Waals surface area contributed by atoms with Gasteiger partial charge in [-0.1, -0.05) is 31.4 Å². The first-order valence-electron chi connectivity index (χ1n) is 6.41. The quantitative estimate of drug-likeness (QED) is 0.826. The van der Waals surface area contributed by atoms with Crippen molar-refractivity contribution in [1.29, 1.82) is 0 Å². The van der Waals surface area contributed by atoms with E-state index in [0.29, 0.717) is 28.1 Å². The van der Waals surface area contributed by atoms with Crippen molar-refractivity contribution in [2.75, 3.05) is 12.3 Å². The Morgan fingerprint density at radius 1 is 1.50 bits per heavy atom. The van der Waals surface area contributed by atoms with Crippen LogP contribution < -0.4 is 11.1 Å². The van der Waals surface area contributed by atoms with Crippen molar-refractivity contribution in [1.82, 2.24) is 5.32 Å². The highest BCUT2D eigenvalue weighted by atomic mass is 35.5. The van der Waals surface area contributed by atoms with Gasteiger partial charge in [-0.15, -0.1) is 0 Å². The van der Waals surface area contributed by atoms with Gasteiger partial charge in [-0.25, -0.2) is 0 Å². The third-order valence-corrected chi connectivity index (χ3v) is 4.06. The average Bonchev–Trinajstić information content (AvgIpc) is 2.75. The number of benzene rings is 1. The number of nitrogens with two attached hydrogens (primary N) is 1. The van der Waals surface area contributed by atoms with Crippen LogP contribution in [0.15, 0.2) is 18.2 Å². The summed E-state index contributed by atoms with van der Waals surface area (Å²) in [6, 6.07) is 4.96. The van der Waals surface area contributed by atoms with E-state index in [1.807, 2.05) is 0 Å². The number of carbonyl (C=O) groups excluding carboxylic acids is 1. The van der Waals surface area contributed by atoms with Crippen LogP contribution in [0.5, 0.6) is 0 Å². The fourth-order valence-corrected chi connectivity index (χ4v) is 2.74. The lowest BCUT2D eigenvalue weighted by Gasteiger charge is -2.16. The Bertz CT molecular complexity index is 447. The van der Waals surface area contributed by atoms with E-state index in [1.165, 1.54) is 19.3 Å². The van der Waals surface area contributed by atoms with Crippen molar-refractivity contribution >= 4 is 23.2 Å². The van der Waals surface area contributed by atoms with Crippen LogP contribution in [0.2, 0.25) is 5.02 Å². The van der Waals surface area contributed by atoms with Gasteiger partial charge in [0.25, 0.3) is 5.91 Å². The third kappa shape index (κ3) is 2.96. The molecule has 0 aliphatic heterocycles. The molecule has 1 aromatic carbocycles. The van der Waals surface area contributed by atoms with Crippen LogP contribution in [0.25, 0.3) is 0 Å². The summed E-state index contributed by atoms with van der Waals surface area (Å²) in [6.45, 7) is 2.98. The van der Waals surface area contributed by atoms with E-state index < -0.39 is 0 Å². The Morgan fingerprint density at radius 2 is 2.28 bits per heavy atom. The van der Waals surface area contributed by atoms with Crippen LogP contribution in [0, 0.1) is 11.8 Å². The summed E-state index contributed by atoms with van der Waals surface area (Å²) in [6.07, 6.45) is 3.73. The van der Waals surface area contributed by atoms with Gasteiger partial charge in [0.1, 0.15) is 0 Å². The summed E-state index contributed by atoms with van der Waals surface area (Å²) < 4.78 is 0. The van der Waals surface area contributed by atoms with Crippen LogP contribution in [0.3, 0.4) is 0 Å². The Kier molecular flexibility index (Phi) is 4.12. The minimum absolute atomic E-state index is 0.130. The molecule has 1 amide bonds. The number of carbonyl (C=O) groups is 1. The summed E-state index contributed by atoms with van der Waals surface area (Å²) in [4.78, 5) is 12.0. The molecular weight excluding hydrogens is 248 g/mol. The number of anilines is 1. The van der Waals surface area contributed by atoms with E-state index >= 15 is 0 Å². The monoisotopic (exact) mass is 266 g/mol. The number of nitrogen functional groups attached to an aromatic ring is 1. The molecule has 3 nitrogen and oxygen atoms in total. The largest absolute Gasteiger partial charge is 0.398 e. The summed E-state index contributed by atoms with van der Waals surface area (Å²) in [7, 11) is 0. The van der Waals surface area contributed by atoms with Crippen LogP contribution in [0.1, 0.15) is 36.5 Å². The number of hydrogen-bond acceptors (Lipinski definition) is 2. The maximum absolute atomic E-state index is 12.0. The van der Waals surface area contributed by atoms with Gasteiger partial charge in [0.15, 0.2) is 0 Å². The minimum atomic E-state index is -0.130. The molecule has 1 aromatic rings. The van der Waals surface area contributed by atoms with Gasteiger partial charge >= 0.3 is 0 Å². The molecule has 2 atom stereocenters. The Balaban J connectivity index is 1.97. The van der Waals surface area contributed by atoms with Crippen molar-refractivity contribution in [3.05, 3.63) is 28.8 Å². The molecule has 1 fully saturated rings.